The summed E-state index contributed by atoms with van der Waals surface area (Å²) in [5.74, 6) is 0.0141. The molecule has 7 nitrogen and oxygen atoms in total. The number of benzene rings is 3. The third-order valence-electron chi connectivity index (χ3n) is 6.63. The van der Waals surface area contributed by atoms with Crippen molar-refractivity contribution in [3.8, 4) is 11.5 Å². The smallest absolute Gasteiger partial charge is 0.296 e. The number of rotatable bonds is 10. The second kappa shape index (κ2) is 11.8. The molecule has 1 amide bonds. The fraction of sp³-hybridized carbons (Fsp3) is 0.152. The summed E-state index contributed by atoms with van der Waals surface area (Å²) in [5.41, 5.74) is 3.25. The molecule has 1 N–H and O–H groups in total. The van der Waals surface area contributed by atoms with Gasteiger partial charge in [-0.3, -0.25) is 9.59 Å². The molecule has 0 saturated carbocycles. The summed E-state index contributed by atoms with van der Waals surface area (Å²) in [6, 6.07) is 24.5. The molecule has 0 radical (unpaired) electrons. The molecule has 3 aromatic carbocycles. The largest absolute Gasteiger partial charge is 0.507 e. The first kappa shape index (κ1) is 26.6. The third kappa shape index (κ3) is 5.68. The number of ether oxygens (including phenoxy) is 2. The summed E-state index contributed by atoms with van der Waals surface area (Å²) < 4.78 is 16.9. The number of aliphatic hydroxyl groups excluding tert-OH is 1. The van der Waals surface area contributed by atoms with E-state index in [0.29, 0.717) is 41.6 Å². The van der Waals surface area contributed by atoms with Gasteiger partial charge in [-0.15, -0.1) is 0 Å². The van der Waals surface area contributed by atoms with E-state index in [4.69, 9.17) is 13.9 Å². The van der Waals surface area contributed by atoms with Gasteiger partial charge >= 0.3 is 0 Å². The predicted molar refractivity (Wildman–Crippen MR) is 151 cm³/mol. The van der Waals surface area contributed by atoms with Crippen LogP contribution in [0.4, 0.5) is 0 Å². The number of nitrogens with zero attached hydrogens (tertiary/aromatic N) is 1. The van der Waals surface area contributed by atoms with Crippen molar-refractivity contribution in [3.05, 3.63) is 137 Å². The highest BCUT2D eigenvalue weighted by Gasteiger charge is 2.46. The average Bonchev–Trinajstić information content (AvgIpc) is 3.58. The van der Waals surface area contributed by atoms with Crippen molar-refractivity contribution in [2.45, 2.75) is 26.1 Å². The van der Waals surface area contributed by atoms with Crippen LogP contribution in [0, 0.1) is 6.92 Å². The standard InChI is InChI=1S/C33H29NO6/c1-3-17-38-26-13-9-24(10-14-26)30-29(32(36)33(37)34(30)20-28-8-5-18-39-28)31(35)25-11-15-27(16-12-25)40-21-23-7-4-6-22(2)19-23/h3-16,18-19,30,35H,1,17,20-21H2,2H3/b31-29+/t30-/m0/s1. The number of hydrogen-bond donors (Lipinski definition) is 1. The van der Waals surface area contributed by atoms with E-state index >= 15 is 0 Å². The minimum Gasteiger partial charge on any atom is -0.507 e. The van der Waals surface area contributed by atoms with Gasteiger partial charge < -0.3 is 23.9 Å². The van der Waals surface area contributed by atoms with Crippen LogP contribution < -0.4 is 9.47 Å². The SMILES string of the molecule is C=CCOc1ccc([C@H]2/C(=C(\O)c3ccc(OCc4cccc(C)c4)cc3)C(=O)C(=O)N2Cc2ccco2)cc1. The van der Waals surface area contributed by atoms with Crippen molar-refractivity contribution in [1.29, 1.82) is 0 Å². The number of amides is 1. The Bertz CT molecular complexity index is 1530. The van der Waals surface area contributed by atoms with Crippen molar-refractivity contribution in [2.75, 3.05) is 6.61 Å². The monoisotopic (exact) mass is 535 g/mol. The van der Waals surface area contributed by atoms with E-state index < -0.39 is 17.7 Å². The Kier molecular flexibility index (Phi) is 7.82. The Morgan fingerprint density at radius 3 is 2.38 bits per heavy atom. The first-order chi connectivity index (χ1) is 19.4. The van der Waals surface area contributed by atoms with Gasteiger partial charge in [0.15, 0.2) is 0 Å². The van der Waals surface area contributed by atoms with E-state index in [9.17, 15) is 14.7 Å². The number of furan rings is 1. The van der Waals surface area contributed by atoms with Crippen molar-refractivity contribution < 1.29 is 28.6 Å². The van der Waals surface area contributed by atoms with Crippen LogP contribution in [0.15, 0.2) is 114 Å². The lowest BCUT2D eigenvalue weighted by molar-refractivity contribution is -0.140. The lowest BCUT2D eigenvalue weighted by atomic mass is 9.95. The van der Waals surface area contributed by atoms with Gasteiger partial charge in [0.2, 0.25) is 0 Å². The Morgan fingerprint density at radius 2 is 1.70 bits per heavy atom. The third-order valence-corrected chi connectivity index (χ3v) is 6.63. The van der Waals surface area contributed by atoms with Crippen molar-refractivity contribution >= 4 is 17.4 Å². The summed E-state index contributed by atoms with van der Waals surface area (Å²) in [6.07, 6.45) is 3.15. The highest BCUT2D eigenvalue weighted by molar-refractivity contribution is 6.46. The molecule has 1 atom stereocenters. The number of Topliss-reactive ketones (excluding diaryl/α,β-unsaturated/α-hetero) is 1. The topological polar surface area (TPSA) is 89.2 Å². The van der Waals surface area contributed by atoms with E-state index in [2.05, 4.69) is 12.6 Å². The first-order valence-corrected chi connectivity index (χ1v) is 12.9. The summed E-state index contributed by atoms with van der Waals surface area (Å²) >= 11 is 0. The van der Waals surface area contributed by atoms with Gasteiger partial charge in [0, 0.05) is 5.56 Å². The molecule has 1 aliphatic heterocycles. The number of carbonyl (C=O) groups is 2. The summed E-state index contributed by atoms with van der Waals surface area (Å²) in [7, 11) is 0. The quantitative estimate of drug-likeness (QED) is 0.110. The molecule has 1 saturated heterocycles. The van der Waals surface area contributed by atoms with Gasteiger partial charge in [-0.2, -0.15) is 0 Å². The number of carbonyl (C=O) groups excluding carboxylic acids is 2. The minimum absolute atomic E-state index is 0.00439. The van der Waals surface area contributed by atoms with Gasteiger partial charge in [0.25, 0.3) is 11.7 Å². The highest BCUT2D eigenvalue weighted by atomic mass is 16.5. The summed E-state index contributed by atoms with van der Waals surface area (Å²) in [6.45, 7) is 6.49. The number of likely N-dealkylation sites (tertiary alicyclic amines) is 1. The van der Waals surface area contributed by atoms with Crippen molar-refractivity contribution in [1.82, 2.24) is 4.90 Å². The molecule has 1 aliphatic rings. The van der Waals surface area contributed by atoms with Gasteiger partial charge in [-0.25, -0.2) is 0 Å². The van der Waals surface area contributed by atoms with Gasteiger partial charge in [0.05, 0.1) is 24.4 Å². The second-order valence-electron chi connectivity index (χ2n) is 9.48. The van der Waals surface area contributed by atoms with Crippen LogP contribution in [0.2, 0.25) is 0 Å². The maximum atomic E-state index is 13.3. The fourth-order valence-corrected chi connectivity index (χ4v) is 4.69. The Balaban J connectivity index is 1.45. The van der Waals surface area contributed by atoms with E-state index in [1.54, 1.807) is 66.7 Å². The maximum Gasteiger partial charge on any atom is 0.296 e. The van der Waals surface area contributed by atoms with Crippen LogP contribution in [0.1, 0.15) is 34.1 Å². The molecule has 4 aromatic rings. The molecule has 5 rings (SSSR count). The van der Waals surface area contributed by atoms with Crippen LogP contribution in [-0.4, -0.2) is 28.3 Å². The maximum absolute atomic E-state index is 13.3. The van der Waals surface area contributed by atoms with Crippen LogP contribution in [0.3, 0.4) is 0 Å². The molecule has 2 heterocycles. The fourth-order valence-electron chi connectivity index (χ4n) is 4.69. The first-order valence-electron chi connectivity index (χ1n) is 12.9. The molecule has 202 valence electrons. The van der Waals surface area contributed by atoms with E-state index in [1.807, 2.05) is 25.1 Å². The van der Waals surface area contributed by atoms with Crippen molar-refractivity contribution in [3.63, 3.8) is 0 Å². The zero-order valence-electron chi connectivity index (χ0n) is 22.1. The molecule has 0 bridgehead atoms. The zero-order valence-corrected chi connectivity index (χ0v) is 22.1. The highest BCUT2D eigenvalue weighted by Crippen LogP contribution is 2.41. The predicted octanol–water partition coefficient (Wildman–Crippen LogP) is 6.35. The van der Waals surface area contributed by atoms with Crippen molar-refractivity contribution in [2.24, 2.45) is 0 Å². The molecule has 0 unspecified atom stereocenters. The number of aryl methyl sites for hydroxylation is 1. The summed E-state index contributed by atoms with van der Waals surface area (Å²) in [4.78, 5) is 27.9. The van der Waals surface area contributed by atoms with Crippen LogP contribution in [0.5, 0.6) is 11.5 Å². The van der Waals surface area contributed by atoms with Crippen LogP contribution in [0.25, 0.3) is 5.76 Å². The normalized spacial score (nSPS) is 16.2. The molecule has 40 heavy (non-hydrogen) atoms. The van der Waals surface area contributed by atoms with Gasteiger partial charge in [-0.05, 0) is 66.6 Å². The Morgan fingerprint density at radius 1 is 0.975 bits per heavy atom. The lowest BCUT2D eigenvalue weighted by Crippen LogP contribution is -2.29. The van der Waals surface area contributed by atoms with E-state index in [0.717, 1.165) is 11.1 Å². The van der Waals surface area contributed by atoms with Gasteiger partial charge in [-0.1, -0.05) is 54.6 Å². The zero-order chi connectivity index (χ0) is 28.1. The Hall–Kier alpha value is -5.04. The molecular formula is C33H29NO6. The second-order valence-corrected chi connectivity index (χ2v) is 9.48. The lowest BCUT2D eigenvalue weighted by Gasteiger charge is -2.24. The van der Waals surface area contributed by atoms with Gasteiger partial charge in [0.1, 0.15) is 36.2 Å². The van der Waals surface area contributed by atoms with E-state index in [1.165, 1.54) is 11.2 Å². The number of aliphatic hydroxyl groups is 1. The molecule has 0 aliphatic carbocycles. The van der Waals surface area contributed by atoms with Crippen LogP contribution >= 0.6 is 0 Å². The number of hydrogen-bond acceptors (Lipinski definition) is 6. The average molecular weight is 536 g/mol. The molecular weight excluding hydrogens is 506 g/mol. The Labute approximate surface area is 232 Å². The molecule has 1 fully saturated rings. The minimum atomic E-state index is -0.823. The van der Waals surface area contributed by atoms with E-state index in [-0.39, 0.29) is 17.9 Å². The molecule has 0 spiro atoms. The van der Waals surface area contributed by atoms with Crippen LogP contribution in [-0.2, 0) is 22.7 Å². The summed E-state index contributed by atoms with van der Waals surface area (Å²) in [5, 5.41) is 11.4. The molecule has 7 heteroatoms. The number of ketones is 1. The molecule has 1 aromatic heterocycles.